The second-order valence-electron chi connectivity index (χ2n) is 5.32. The standard InChI is InChI=1S/C18H13N5O5/c24-17(14-9-4-5-10-15(14)23(26)27)22(13-7-2-1-3-8-13)18(25)21-28-16-11-6-12-19-20-16/h1-12H,(H,21,25). The Morgan fingerprint density at radius 2 is 1.71 bits per heavy atom. The summed E-state index contributed by atoms with van der Waals surface area (Å²) in [5, 5.41) is 18.5. The highest BCUT2D eigenvalue weighted by Gasteiger charge is 2.30. The molecule has 140 valence electrons. The van der Waals surface area contributed by atoms with E-state index in [4.69, 9.17) is 4.84 Å². The number of hydroxylamine groups is 1. The van der Waals surface area contributed by atoms with Crippen LogP contribution in [0.4, 0.5) is 16.2 Å². The topological polar surface area (TPSA) is 128 Å². The van der Waals surface area contributed by atoms with E-state index in [-0.39, 0.29) is 17.1 Å². The predicted molar refractivity (Wildman–Crippen MR) is 97.5 cm³/mol. The monoisotopic (exact) mass is 379 g/mol. The van der Waals surface area contributed by atoms with Gasteiger partial charge in [0.15, 0.2) is 0 Å². The van der Waals surface area contributed by atoms with E-state index >= 15 is 0 Å². The van der Waals surface area contributed by atoms with Crippen molar-refractivity contribution in [2.75, 3.05) is 4.90 Å². The van der Waals surface area contributed by atoms with Crippen molar-refractivity contribution < 1.29 is 19.3 Å². The Kier molecular flexibility index (Phi) is 5.51. The Hall–Kier alpha value is -4.34. The molecule has 0 atom stereocenters. The second-order valence-corrected chi connectivity index (χ2v) is 5.32. The number of nitro benzene ring substituents is 1. The molecule has 10 heteroatoms. The van der Waals surface area contributed by atoms with Crippen molar-refractivity contribution >= 4 is 23.3 Å². The minimum Gasteiger partial charge on any atom is -0.356 e. The normalized spacial score (nSPS) is 10.0. The fraction of sp³-hybridized carbons (Fsp3) is 0. The van der Waals surface area contributed by atoms with Gasteiger partial charge in [0.1, 0.15) is 5.56 Å². The third-order valence-electron chi connectivity index (χ3n) is 3.54. The summed E-state index contributed by atoms with van der Waals surface area (Å²) in [5.41, 5.74) is 1.63. The molecular weight excluding hydrogens is 366 g/mol. The number of amides is 3. The zero-order chi connectivity index (χ0) is 19.9. The van der Waals surface area contributed by atoms with Crippen molar-refractivity contribution in [2.24, 2.45) is 0 Å². The predicted octanol–water partition coefficient (Wildman–Crippen LogP) is 2.74. The van der Waals surface area contributed by atoms with Crippen molar-refractivity contribution in [3.05, 3.63) is 88.6 Å². The first kappa shape index (κ1) is 18.5. The lowest BCUT2D eigenvalue weighted by atomic mass is 10.1. The Bertz CT molecular complexity index is 998. The van der Waals surface area contributed by atoms with E-state index in [1.165, 1.54) is 48.7 Å². The molecule has 10 nitrogen and oxygen atoms in total. The SMILES string of the molecule is O=C(NOc1cccnn1)N(C(=O)c1ccccc1[N+](=O)[O-])c1ccccc1. The van der Waals surface area contributed by atoms with Crippen molar-refractivity contribution in [3.8, 4) is 5.88 Å². The highest BCUT2D eigenvalue weighted by molar-refractivity contribution is 6.21. The van der Waals surface area contributed by atoms with Crippen LogP contribution in [0.2, 0.25) is 0 Å². The molecule has 0 aliphatic heterocycles. The summed E-state index contributed by atoms with van der Waals surface area (Å²) in [4.78, 5) is 42.0. The molecule has 0 saturated carbocycles. The molecule has 1 aromatic heterocycles. The molecule has 0 unspecified atom stereocenters. The summed E-state index contributed by atoms with van der Waals surface area (Å²) < 4.78 is 0. The lowest BCUT2D eigenvalue weighted by molar-refractivity contribution is -0.385. The Labute approximate surface area is 158 Å². The number of nitrogens with one attached hydrogen (secondary N) is 1. The van der Waals surface area contributed by atoms with Crippen LogP contribution in [0.1, 0.15) is 10.4 Å². The van der Waals surface area contributed by atoms with E-state index in [1.807, 2.05) is 0 Å². The summed E-state index contributed by atoms with van der Waals surface area (Å²) in [6.45, 7) is 0. The molecule has 0 aliphatic rings. The molecule has 0 bridgehead atoms. The molecule has 3 rings (SSSR count). The summed E-state index contributed by atoms with van der Waals surface area (Å²) >= 11 is 0. The molecule has 1 N–H and O–H groups in total. The number of para-hydroxylation sites is 2. The first-order valence-electron chi connectivity index (χ1n) is 7.95. The minimum atomic E-state index is -0.958. The molecule has 0 saturated heterocycles. The van der Waals surface area contributed by atoms with Crippen LogP contribution in [0.5, 0.6) is 5.88 Å². The van der Waals surface area contributed by atoms with Gasteiger partial charge in [0.05, 0.1) is 10.6 Å². The van der Waals surface area contributed by atoms with E-state index < -0.39 is 22.5 Å². The molecule has 3 amide bonds. The van der Waals surface area contributed by atoms with Gasteiger partial charge >= 0.3 is 6.03 Å². The number of urea groups is 1. The molecule has 0 spiro atoms. The first-order chi connectivity index (χ1) is 13.6. The van der Waals surface area contributed by atoms with Gasteiger partial charge in [-0.15, -0.1) is 5.10 Å². The summed E-state index contributed by atoms with van der Waals surface area (Å²) in [6.07, 6.45) is 1.42. The molecule has 0 radical (unpaired) electrons. The molecule has 0 fully saturated rings. The highest BCUT2D eigenvalue weighted by Crippen LogP contribution is 2.23. The van der Waals surface area contributed by atoms with E-state index in [0.29, 0.717) is 0 Å². The zero-order valence-corrected chi connectivity index (χ0v) is 14.3. The van der Waals surface area contributed by atoms with Crippen LogP contribution in [0.3, 0.4) is 0 Å². The van der Waals surface area contributed by atoms with Gasteiger partial charge in [0.2, 0.25) is 0 Å². The maximum Gasteiger partial charge on any atom is 0.362 e. The average molecular weight is 379 g/mol. The van der Waals surface area contributed by atoms with E-state index in [2.05, 4.69) is 15.7 Å². The number of rotatable bonds is 5. The number of anilines is 1. The lowest BCUT2D eigenvalue weighted by Gasteiger charge is -2.21. The number of hydrogen-bond donors (Lipinski definition) is 1. The van der Waals surface area contributed by atoms with Gasteiger partial charge in [-0.05, 0) is 24.3 Å². The zero-order valence-electron chi connectivity index (χ0n) is 14.3. The smallest absolute Gasteiger partial charge is 0.356 e. The van der Waals surface area contributed by atoms with Crippen LogP contribution in [0.25, 0.3) is 0 Å². The number of carbonyl (C=O) groups excluding carboxylic acids is 2. The van der Waals surface area contributed by atoms with Crippen LogP contribution >= 0.6 is 0 Å². The van der Waals surface area contributed by atoms with Gasteiger partial charge in [-0.25, -0.2) is 9.69 Å². The molecule has 2 aromatic carbocycles. The fourth-order valence-electron chi connectivity index (χ4n) is 2.32. The Balaban J connectivity index is 1.93. The van der Waals surface area contributed by atoms with Gasteiger partial charge in [-0.1, -0.05) is 30.3 Å². The first-order valence-corrected chi connectivity index (χ1v) is 7.95. The Morgan fingerprint density at radius 3 is 2.39 bits per heavy atom. The van der Waals surface area contributed by atoms with Crippen molar-refractivity contribution in [1.29, 1.82) is 0 Å². The summed E-state index contributed by atoms with van der Waals surface area (Å²) in [5.74, 6) is -0.888. The number of benzene rings is 2. The van der Waals surface area contributed by atoms with Crippen LogP contribution in [-0.2, 0) is 0 Å². The average Bonchev–Trinajstić information content (AvgIpc) is 2.74. The molecule has 28 heavy (non-hydrogen) atoms. The van der Waals surface area contributed by atoms with Crippen molar-refractivity contribution in [1.82, 2.24) is 15.7 Å². The number of nitrogens with zero attached hydrogens (tertiary/aromatic N) is 4. The molecular formula is C18H13N5O5. The molecule has 0 aliphatic carbocycles. The van der Waals surface area contributed by atoms with Crippen molar-refractivity contribution in [3.63, 3.8) is 0 Å². The summed E-state index contributed by atoms with van der Waals surface area (Å²) in [6, 6.07) is 15.3. The third-order valence-corrected chi connectivity index (χ3v) is 3.54. The van der Waals surface area contributed by atoms with E-state index in [0.717, 1.165) is 4.90 Å². The maximum absolute atomic E-state index is 13.0. The van der Waals surface area contributed by atoms with Gasteiger partial charge in [0, 0.05) is 18.3 Å². The number of hydrogen-bond acceptors (Lipinski definition) is 7. The van der Waals surface area contributed by atoms with E-state index in [1.54, 1.807) is 24.3 Å². The molecule has 3 aromatic rings. The third kappa shape index (κ3) is 4.07. The Morgan fingerprint density at radius 1 is 1.00 bits per heavy atom. The van der Waals surface area contributed by atoms with Crippen molar-refractivity contribution in [2.45, 2.75) is 0 Å². The van der Waals surface area contributed by atoms with E-state index in [9.17, 15) is 19.7 Å². The number of aromatic nitrogens is 2. The van der Waals surface area contributed by atoms with Gasteiger partial charge < -0.3 is 4.84 Å². The van der Waals surface area contributed by atoms with Crippen LogP contribution in [0, 0.1) is 10.1 Å². The van der Waals surface area contributed by atoms with Crippen LogP contribution < -0.4 is 15.2 Å². The lowest BCUT2D eigenvalue weighted by Crippen LogP contribution is -2.45. The minimum absolute atomic E-state index is 0.00185. The van der Waals surface area contributed by atoms with Gasteiger partial charge in [-0.2, -0.15) is 10.6 Å². The largest absolute Gasteiger partial charge is 0.362 e. The highest BCUT2D eigenvalue weighted by atomic mass is 16.7. The number of carbonyl (C=O) groups is 2. The van der Waals surface area contributed by atoms with Crippen LogP contribution in [-0.4, -0.2) is 27.1 Å². The van der Waals surface area contributed by atoms with Crippen LogP contribution in [0.15, 0.2) is 72.9 Å². The number of nitro groups is 1. The fourth-order valence-corrected chi connectivity index (χ4v) is 2.32. The van der Waals surface area contributed by atoms with Gasteiger partial charge in [0.25, 0.3) is 17.5 Å². The maximum atomic E-state index is 13.0. The van der Waals surface area contributed by atoms with Gasteiger partial charge in [-0.3, -0.25) is 14.9 Å². The summed E-state index contributed by atoms with van der Waals surface area (Å²) in [7, 11) is 0. The number of imide groups is 1. The molecule has 1 heterocycles. The quantitative estimate of drug-likeness (QED) is 0.533. The second kappa shape index (κ2) is 8.36.